The Bertz CT molecular complexity index is 758. The molecule has 3 rings (SSSR count). The standard InChI is InChI=1S/C22H27ClN2O2/c1-3-21(27-19-9-10-20(23)17(2)15-19)22(26)25-13-11-24(12-14-25)16-18-7-5-4-6-8-18/h4-10,15,21H,3,11-14,16H2,1-2H3/t21-/m1/s1. The lowest BCUT2D eigenvalue weighted by Crippen LogP contribution is -2.52. The van der Waals surface area contributed by atoms with Gasteiger partial charge in [-0.3, -0.25) is 9.69 Å². The van der Waals surface area contributed by atoms with E-state index in [1.165, 1.54) is 5.56 Å². The molecule has 2 aromatic carbocycles. The summed E-state index contributed by atoms with van der Waals surface area (Å²) in [5.41, 5.74) is 2.26. The van der Waals surface area contributed by atoms with E-state index in [0.29, 0.717) is 17.2 Å². The fourth-order valence-corrected chi connectivity index (χ4v) is 3.45. The molecular weight excluding hydrogens is 360 g/mol. The maximum absolute atomic E-state index is 12.9. The van der Waals surface area contributed by atoms with Crippen molar-refractivity contribution in [3.05, 3.63) is 64.7 Å². The van der Waals surface area contributed by atoms with Gasteiger partial charge in [0.1, 0.15) is 5.75 Å². The van der Waals surface area contributed by atoms with Gasteiger partial charge in [0.15, 0.2) is 6.10 Å². The normalized spacial score (nSPS) is 16.2. The van der Waals surface area contributed by atoms with Crippen LogP contribution in [0.4, 0.5) is 0 Å². The first kappa shape index (κ1) is 19.7. The van der Waals surface area contributed by atoms with Crippen molar-refractivity contribution >= 4 is 17.5 Å². The summed E-state index contributed by atoms with van der Waals surface area (Å²) in [6.45, 7) is 8.10. The van der Waals surface area contributed by atoms with Crippen molar-refractivity contribution in [1.82, 2.24) is 9.80 Å². The van der Waals surface area contributed by atoms with Gasteiger partial charge >= 0.3 is 0 Å². The van der Waals surface area contributed by atoms with Crippen LogP contribution in [0.5, 0.6) is 5.75 Å². The van der Waals surface area contributed by atoms with E-state index in [1.807, 2.05) is 43.0 Å². The number of piperazine rings is 1. The number of aryl methyl sites for hydroxylation is 1. The first-order valence-electron chi connectivity index (χ1n) is 9.54. The van der Waals surface area contributed by atoms with Crippen LogP contribution in [0.25, 0.3) is 0 Å². The van der Waals surface area contributed by atoms with Crippen LogP contribution in [0.15, 0.2) is 48.5 Å². The molecule has 0 bridgehead atoms. The van der Waals surface area contributed by atoms with Crippen LogP contribution in [-0.2, 0) is 11.3 Å². The van der Waals surface area contributed by atoms with Crippen LogP contribution in [0.2, 0.25) is 5.02 Å². The van der Waals surface area contributed by atoms with Crippen LogP contribution in [0, 0.1) is 6.92 Å². The second kappa shape index (κ2) is 9.25. The number of carbonyl (C=O) groups is 1. The van der Waals surface area contributed by atoms with Crippen molar-refractivity contribution in [2.24, 2.45) is 0 Å². The predicted molar refractivity (Wildman–Crippen MR) is 109 cm³/mol. The van der Waals surface area contributed by atoms with Crippen molar-refractivity contribution in [3.8, 4) is 5.75 Å². The van der Waals surface area contributed by atoms with Crippen molar-refractivity contribution in [2.75, 3.05) is 26.2 Å². The lowest BCUT2D eigenvalue weighted by molar-refractivity contribution is -0.140. The Balaban J connectivity index is 1.54. The first-order chi connectivity index (χ1) is 13.1. The maximum Gasteiger partial charge on any atom is 0.263 e. The molecule has 144 valence electrons. The summed E-state index contributed by atoms with van der Waals surface area (Å²) < 4.78 is 5.97. The molecule has 0 unspecified atom stereocenters. The zero-order chi connectivity index (χ0) is 19.2. The number of benzene rings is 2. The van der Waals surface area contributed by atoms with Crippen LogP contribution in [0.1, 0.15) is 24.5 Å². The quantitative estimate of drug-likeness (QED) is 0.747. The van der Waals surface area contributed by atoms with E-state index in [2.05, 4.69) is 29.2 Å². The van der Waals surface area contributed by atoms with Crippen molar-refractivity contribution < 1.29 is 9.53 Å². The average molecular weight is 387 g/mol. The molecule has 0 spiro atoms. The summed E-state index contributed by atoms with van der Waals surface area (Å²) >= 11 is 6.07. The Morgan fingerprint density at radius 2 is 1.81 bits per heavy atom. The number of hydrogen-bond donors (Lipinski definition) is 0. The van der Waals surface area contributed by atoms with Crippen molar-refractivity contribution in [1.29, 1.82) is 0 Å². The molecule has 0 radical (unpaired) electrons. The number of rotatable bonds is 6. The van der Waals surface area contributed by atoms with Gasteiger partial charge in [-0.1, -0.05) is 48.9 Å². The smallest absolute Gasteiger partial charge is 0.263 e. The minimum atomic E-state index is -0.453. The number of ether oxygens (including phenoxy) is 1. The lowest BCUT2D eigenvalue weighted by Gasteiger charge is -2.36. The molecule has 1 fully saturated rings. The van der Waals surface area contributed by atoms with Crippen LogP contribution < -0.4 is 4.74 Å². The molecule has 0 N–H and O–H groups in total. The van der Waals surface area contributed by atoms with Gasteiger partial charge in [-0.05, 0) is 42.7 Å². The van der Waals surface area contributed by atoms with Gasteiger partial charge in [-0.15, -0.1) is 0 Å². The van der Waals surface area contributed by atoms with Crippen LogP contribution in [-0.4, -0.2) is 48.0 Å². The molecule has 0 saturated carbocycles. The minimum absolute atomic E-state index is 0.0736. The van der Waals surface area contributed by atoms with E-state index >= 15 is 0 Å². The van der Waals surface area contributed by atoms with Gasteiger partial charge in [0.2, 0.25) is 0 Å². The van der Waals surface area contributed by atoms with Gasteiger partial charge in [-0.25, -0.2) is 0 Å². The third-order valence-corrected chi connectivity index (χ3v) is 5.41. The lowest BCUT2D eigenvalue weighted by atomic mass is 10.1. The van der Waals surface area contributed by atoms with E-state index in [0.717, 1.165) is 38.3 Å². The number of carbonyl (C=O) groups excluding carboxylic acids is 1. The molecular formula is C22H27ClN2O2. The Hall–Kier alpha value is -2.04. The second-order valence-corrected chi connectivity index (χ2v) is 7.42. The maximum atomic E-state index is 12.9. The third-order valence-electron chi connectivity index (χ3n) is 4.99. The monoisotopic (exact) mass is 386 g/mol. The Labute approximate surface area is 166 Å². The molecule has 1 aliphatic heterocycles. The number of halogens is 1. The molecule has 0 aliphatic carbocycles. The molecule has 27 heavy (non-hydrogen) atoms. The fourth-order valence-electron chi connectivity index (χ4n) is 3.33. The fraction of sp³-hybridized carbons (Fsp3) is 0.409. The Morgan fingerprint density at radius 1 is 1.11 bits per heavy atom. The van der Waals surface area contributed by atoms with Gasteiger partial charge < -0.3 is 9.64 Å². The molecule has 1 aliphatic rings. The molecule has 0 aromatic heterocycles. The average Bonchev–Trinajstić information content (AvgIpc) is 2.69. The summed E-state index contributed by atoms with van der Waals surface area (Å²) in [6.07, 6.45) is 0.191. The predicted octanol–water partition coefficient (Wildman–Crippen LogP) is 4.15. The minimum Gasteiger partial charge on any atom is -0.481 e. The number of amides is 1. The third kappa shape index (κ3) is 5.24. The summed E-state index contributed by atoms with van der Waals surface area (Å²) in [5, 5.41) is 0.705. The SMILES string of the molecule is CC[C@@H](Oc1ccc(Cl)c(C)c1)C(=O)N1CCN(Cc2ccccc2)CC1. The Morgan fingerprint density at radius 3 is 2.44 bits per heavy atom. The highest BCUT2D eigenvalue weighted by molar-refractivity contribution is 6.31. The highest BCUT2D eigenvalue weighted by Crippen LogP contribution is 2.23. The van der Waals surface area contributed by atoms with E-state index in [-0.39, 0.29) is 5.91 Å². The highest BCUT2D eigenvalue weighted by atomic mass is 35.5. The first-order valence-corrected chi connectivity index (χ1v) is 9.92. The summed E-state index contributed by atoms with van der Waals surface area (Å²) in [6, 6.07) is 16.0. The summed E-state index contributed by atoms with van der Waals surface area (Å²) in [5.74, 6) is 0.768. The molecule has 1 amide bonds. The van der Waals surface area contributed by atoms with E-state index < -0.39 is 6.10 Å². The van der Waals surface area contributed by atoms with Gasteiger partial charge in [-0.2, -0.15) is 0 Å². The van der Waals surface area contributed by atoms with E-state index in [4.69, 9.17) is 16.3 Å². The van der Waals surface area contributed by atoms with Crippen molar-refractivity contribution in [3.63, 3.8) is 0 Å². The zero-order valence-electron chi connectivity index (χ0n) is 16.0. The van der Waals surface area contributed by atoms with E-state index in [9.17, 15) is 4.79 Å². The molecule has 2 aromatic rings. The second-order valence-electron chi connectivity index (χ2n) is 7.01. The topological polar surface area (TPSA) is 32.8 Å². The van der Waals surface area contributed by atoms with Crippen LogP contribution >= 0.6 is 11.6 Å². The summed E-state index contributed by atoms with van der Waals surface area (Å²) in [7, 11) is 0. The van der Waals surface area contributed by atoms with Gasteiger partial charge in [0, 0.05) is 37.7 Å². The number of nitrogens with zero attached hydrogens (tertiary/aromatic N) is 2. The molecule has 5 heteroatoms. The molecule has 1 saturated heterocycles. The molecule has 1 heterocycles. The highest BCUT2D eigenvalue weighted by Gasteiger charge is 2.28. The van der Waals surface area contributed by atoms with Crippen LogP contribution in [0.3, 0.4) is 0 Å². The Kier molecular flexibility index (Phi) is 6.75. The van der Waals surface area contributed by atoms with E-state index in [1.54, 1.807) is 0 Å². The largest absolute Gasteiger partial charge is 0.481 e. The molecule has 4 nitrogen and oxygen atoms in total. The van der Waals surface area contributed by atoms with Gasteiger partial charge in [0.05, 0.1) is 0 Å². The summed E-state index contributed by atoms with van der Waals surface area (Å²) in [4.78, 5) is 17.2. The van der Waals surface area contributed by atoms with Gasteiger partial charge in [0.25, 0.3) is 5.91 Å². The zero-order valence-corrected chi connectivity index (χ0v) is 16.8. The van der Waals surface area contributed by atoms with Crippen molar-refractivity contribution in [2.45, 2.75) is 32.9 Å². The molecule has 1 atom stereocenters. The number of hydrogen-bond acceptors (Lipinski definition) is 3.